The molecule has 2 heterocycles. The summed E-state index contributed by atoms with van der Waals surface area (Å²) in [6.07, 6.45) is 1.69. The zero-order valence-corrected chi connectivity index (χ0v) is 15.2. The SMILES string of the molecule is Oc1cccc(Nc2cc(-c3ccccc3Cl)nc3c(Br)cnn23)c1. The Bertz CT molecular complexity index is 1080. The molecule has 124 valence electrons. The van der Waals surface area contributed by atoms with E-state index >= 15 is 0 Å². The van der Waals surface area contributed by atoms with Crippen LogP contribution in [0.5, 0.6) is 5.75 Å². The first-order valence-electron chi connectivity index (χ1n) is 7.47. The fourth-order valence-electron chi connectivity index (χ4n) is 2.56. The first kappa shape index (κ1) is 15.9. The van der Waals surface area contributed by atoms with Gasteiger partial charge in [-0.2, -0.15) is 9.61 Å². The van der Waals surface area contributed by atoms with Crippen molar-refractivity contribution in [2.24, 2.45) is 0 Å². The third kappa shape index (κ3) is 3.06. The second kappa shape index (κ2) is 6.38. The van der Waals surface area contributed by atoms with Crippen molar-refractivity contribution in [2.75, 3.05) is 5.32 Å². The molecule has 0 atom stereocenters. The van der Waals surface area contributed by atoms with Crippen LogP contribution >= 0.6 is 27.5 Å². The number of hydrogen-bond donors (Lipinski definition) is 2. The standard InChI is InChI=1S/C18H12BrClN4O/c19-14-10-21-24-17(22-11-4-3-5-12(25)8-11)9-16(23-18(14)24)13-6-1-2-7-15(13)20/h1-10,22,25H. The Balaban J connectivity index is 1.89. The van der Waals surface area contributed by atoms with Gasteiger partial charge < -0.3 is 10.4 Å². The maximum absolute atomic E-state index is 9.68. The van der Waals surface area contributed by atoms with Crippen LogP contribution in [0.15, 0.2) is 65.3 Å². The third-order valence-electron chi connectivity index (χ3n) is 3.70. The summed E-state index contributed by atoms with van der Waals surface area (Å²) in [4.78, 5) is 4.67. The summed E-state index contributed by atoms with van der Waals surface area (Å²) in [7, 11) is 0. The first-order valence-corrected chi connectivity index (χ1v) is 8.64. The minimum absolute atomic E-state index is 0.184. The molecule has 0 saturated carbocycles. The van der Waals surface area contributed by atoms with Gasteiger partial charge in [0.25, 0.3) is 0 Å². The molecular formula is C18H12BrClN4O. The maximum atomic E-state index is 9.68. The largest absolute Gasteiger partial charge is 0.508 e. The highest BCUT2D eigenvalue weighted by molar-refractivity contribution is 9.10. The van der Waals surface area contributed by atoms with Crippen molar-refractivity contribution >= 4 is 44.7 Å². The van der Waals surface area contributed by atoms with E-state index in [9.17, 15) is 5.11 Å². The molecule has 25 heavy (non-hydrogen) atoms. The predicted octanol–water partition coefficient (Wildman–Crippen LogP) is 5.26. The Hall–Kier alpha value is -2.57. The minimum atomic E-state index is 0.184. The van der Waals surface area contributed by atoms with Gasteiger partial charge in [-0.05, 0) is 34.1 Å². The van der Waals surface area contributed by atoms with Crippen LogP contribution in [0, 0.1) is 0 Å². The second-order valence-corrected chi connectivity index (χ2v) is 6.67. The average Bonchev–Trinajstić information content (AvgIpc) is 2.97. The first-order chi connectivity index (χ1) is 12.1. The second-order valence-electron chi connectivity index (χ2n) is 5.41. The van der Waals surface area contributed by atoms with Crippen molar-refractivity contribution in [1.82, 2.24) is 14.6 Å². The molecule has 2 aromatic carbocycles. The number of benzene rings is 2. The Morgan fingerprint density at radius 2 is 1.92 bits per heavy atom. The summed E-state index contributed by atoms with van der Waals surface area (Å²) < 4.78 is 2.47. The Kier molecular flexibility index (Phi) is 4.07. The van der Waals surface area contributed by atoms with Gasteiger partial charge in [-0.1, -0.05) is 35.9 Å². The number of aromatic hydroxyl groups is 1. The number of anilines is 2. The quantitative estimate of drug-likeness (QED) is 0.479. The van der Waals surface area contributed by atoms with Crippen molar-refractivity contribution in [3.8, 4) is 17.0 Å². The van der Waals surface area contributed by atoms with Gasteiger partial charge in [-0.15, -0.1) is 0 Å². The molecule has 0 amide bonds. The number of rotatable bonds is 3. The fourth-order valence-corrected chi connectivity index (χ4v) is 3.14. The predicted molar refractivity (Wildman–Crippen MR) is 103 cm³/mol. The van der Waals surface area contributed by atoms with Gasteiger partial charge in [0, 0.05) is 28.4 Å². The number of nitrogens with zero attached hydrogens (tertiary/aromatic N) is 3. The maximum Gasteiger partial charge on any atom is 0.172 e. The third-order valence-corrected chi connectivity index (χ3v) is 4.59. The van der Waals surface area contributed by atoms with E-state index in [1.807, 2.05) is 36.4 Å². The Morgan fingerprint density at radius 1 is 1.08 bits per heavy atom. The van der Waals surface area contributed by atoms with E-state index < -0.39 is 0 Å². The van der Waals surface area contributed by atoms with Crippen LogP contribution < -0.4 is 5.32 Å². The van der Waals surface area contributed by atoms with Crippen molar-refractivity contribution in [2.45, 2.75) is 0 Å². The highest BCUT2D eigenvalue weighted by atomic mass is 79.9. The molecule has 5 nitrogen and oxygen atoms in total. The molecule has 2 N–H and O–H groups in total. The lowest BCUT2D eigenvalue weighted by Gasteiger charge is -2.12. The summed E-state index contributed by atoms with van der Waals surface area (Å²) in [5.74, 6) is 0.888. The lowest BCUT2D eigenvalue weighted by molar-refractivity contribution is 0.475. The summed E-state index contributed by atoms with van der Waals surface area (Å²) >= 11 is 9.81. The molecular weight excluding hydrogens is 404 g/mol. The van der Waals surface area contributed by atoms with Crippen LogP contribution in [0.25, 0.3) is 16.9 Å². The van der Waals surface area contributed by atoms with Crippen LogP contribution in [-0.2, 0) is 0 Å². The topological polar surface area (TPSA) is 62.5 Å². The Morgan fingerprint density at radius 3 is 2.72 bits per heavy atom. The van der Waals surface area contributed by atoms with Crippen LogP contribution in [0.4, 0.5) is 11.5 Å². The van der Waals surface area contributed by atoms with Gasteiger partial charge in [0.2, 0.25) is 0 Å². The van der Waals surface area contributed by atoms with Gasteiger partial charge in [0.05, 0.1) is 16.4 Å². The smallest absolute Gasteiger partial charge is 0.172 e. The number of nitrogens with one attached hydrogen (secondary N) is 1. The number of aromatic nitrogens is 3. The number of phenolic OH excluding ortho intramolecular Hbond substituents is 1. The lowest BCUT2D eigenvalue weighted by atomic mass is 10.1. The number of hydrogen-bond acceptors (Lipinski definition) is 4. The molecule has 0 spiro atoms. The lowest BCUT2D eigenvalue weighted by Crippen LogP contribution is -2.02. The number of fused-ring (bicyclic) bond motifs is 1. The van der Waals surface area contributed by atoms with Crippen LogP contribution in [0.2, 0.25) is 5.02 Å². The van der Waals surface area contributed by atoms with E-state index in [1.54, 1.807) is 28.9 Å². The van der Waals surface area contributed by atoms with Crippen molar-refractivity contribution in [1.29, 1.82) is 0 Å². The van der Waals surface area contributed by atoms with Crippen molar-refractivity contribution in [3.05, 3.63) is 70.3 Å². The van der Waals surface area contributed by atoms with Crippen LogP contribution in [0.3, 0.4) is 0 Å². The van der Waals surface area contributed by atoms with E-state index in [4.69, 9.17) is 11.6 Å². The van der Waals surface area contributed by atoms with E-state index in [1.165, 1.54) is 0 Å². The van der Waals surface area contributed by atoms with Gasteiger partial charge in [-0.3, -0.25) is 0 Å². The minimum Gasteiger partial charge on any atom is -0.508 e. The molecule has 0 aliphatic rings. The summed E-state index contributed by atoms with van der Waals surface area (Å²) in [5.41, 5.74) is 2.96. The molecule has 0 radical (unpaired) electrons. The summed E-state index contributed by atoms with van der Waals surface area (Å²) in [5, 5.41) is 17.9. The molecule has 0 bridgehead atoms. The molecule has 4 rings (SSSR count). The molecule has 0 aliphatic carbocycles. The molecule has 0 aliphatic heterocycles. The van der Waals surface area contributed by atoms with E-state index in [0.29, 0.717) is 16.5 Å². The molecule has 0 unspecified atom stereocenters. The molecule has 0 fully saturated rings. The van der Waals surface area contributed by atoms with E-state index in [0.717, 1.165) is 21.4 Å². The highest BCUT2D eigenvalue weighted by Crippen LogP contribution is 2.31. The van der Waals surface area contributed by atoms with Gasteiger partial charge in [0.1, 0.15) is 11.6 Å². The van der Waals surface area contributed by atoms with Gasteiger partial charge >= 0.3 is 0 Å². The zero-order valence-electron chi connectivity index (χ0n) is 12.8. The molecule has 7 heteroatoms. The van der Waals surface area contributed by atoms with E-state index in [-0.39, 0.29) is 5.75 Å². The molecule has 2 aromatic heterocycles. The highest BCUT2D eigenvalue weighted by Gasteiger charge is 2.13. The Labute approximate surface area is 157 Å². The summed E-state index contributed by atoms with van der Waals surface area (Å²) in [6, 6.07) is 16.3. The van der Waals surface area contributed by atoms with E-state index in [2.05, 4.69) is 31.3 Å². The number of phenols is 1. The summed E-state index contributed by atoms with van der Waals surface area (Å²) in [6.45, 7) is 0. The average molecular weight is 416 g/mol. The zero-order chi connectivity index (χ0) is 17.4. The molecule has 0 saturated heterocycles. The molecule has 4 aromatic rings. The van der Waals surface area contributed by atoms with Crippen molar-refractivity contribution in [3.63, 3.8) is 0 Å². The fraction of sp³-hybridized carbons (Fsp3) is 0. The van der Waals surface area contributed by atoms with Crippen LogP contribution in [-0.4, -0.2) is 19.7 Å². The monoisotopic (exact) mass is 414 g/mol. The van der Waals surface area contributed by atoms with Gasteiger partial charge in [0.15, 0.2) is 5.65 Å². The number of halogens is 2. The van der Waals surface area contributed by atoms with Crippen LogP contribution in [0.1, 0.15) is 0 Å². The van der Waals surface area contributed by atoms with Crippen molar-refractivity contribution < 1.29 is 5.11 Å². The normalized spacial score (nSPS) is 11.0. The van der Waals surface area contributed by atoms with Gasteiger partial charge in [-0.25, -0.2) is 4.98 Å².